The lowest BCUT2D eigenvalue weighted by Crippen LogP contribution is -2.08. The van der Waals surface area contributed by atoms with Gasteiger partial charge in [-0.15, -0.1) is 0 Å². The van der Waals surface area contributed by atoms with Crippen molar-refractivity contribution in [3.8, 4) is 11.1 Å². The summed E-state index contributed by atoms with van der Waals surface area (Å²) in [5, 5.41) is 13.2. The largest absolute Gasteiger partial charge is 0.478 e. The van der Waals surface area contributed by atoms with Crippen LogP contribution in [0.1, 0.15) is 15.9 Å². The molecule has 5 rings (SSSR count). The molecule has 1 N–H and O–H groups in total. The number of fused-ring (bicyclic) bond motifs is 4. The molecular weight excluding hydrogens is 434 g/mol. The number of carboxylic acids is 1. The molecule has 5 aromatic rings. The molecule has 33 heavy (non-hydrogen) atoms. The van der Waals surface area contributed by atoms with Gasteiger partial charge < -0.3 is 14.4 Å². The van der Waals surface area contributed by atoms with Crippen LogP contribution in [0.4, 0.5) is 5.69 Å². The second-order valence-corrected chi connectivity index (χ2v) is 8.54. The third kappa shape index (κ3) is 3.52. The van der Waals surface area contributed by atoms with Gasteiger partial charge in [0.25, 0.3) is 0 Å². The van der Waals surface area contributed by atoms with Crippen LogP contribution < -0.4 is 10.3 Å². The van der Waals surface area contributed by atoms with E-state index in [1.165, 1.54) is 6.07 Å². The first-order valence-electron chi connectivity index (χ1n) is 10.5. The van der Waals surface area contributed by atoms with Crippen LogP contribution in [0.15, 0.2) is 75.9 Å². The van der Waals surface area contributed by atoms with Crippen LogP contribution in [0.5, 0.6) is 0 Å². The van der Waals surface area contributed by atoms with E-state index >= 15 is 0 Å². The van der Waals surface area contributed by atoms with E-state index in [9.17, 15) is 14.7 Å². The van der Waals surface area contributed by atoms with E-state index in [2.05, 4.69) is 12.6 Å². The van der Waals surface area contributed by atoms with Gasteiger partial charge in [0.05, 0.1) is 5.56 Å². The summed E-state index contributed by atoms with van der Waals surface area (Å²) in [6, 6.07) is 19.9. The predicted molar refractivity (Wildman–Crippen MR) is 137 cm³/mol. The highest BCUT2D eigenvalue weighted by Crippen LogP contribution is 2.41. The van der Waals surface area contributed by atoms with Crippen LogP contribution in [0.25, 0.3) is 43.8 Å². The molecule has 4 aromatic carbocycles. The number of thiol groups is 1. The smallest absolute Gasteiger partial charge is 0.336 e. The van der Waals surface area contributed by atoms with Gasteiger partial charge in [-0.25, -0.2) is 4.79 Å². The molecule has 0 amide bonds. The minimum absolute atomic E-state index is 0.0757. The van der Waals surface area contributed by atoms with Gasteiger partial charge in [0.15, 0.2) is 5.43 Å². The third-order valence-corrected chi connectivity index (χ3v) is 6.31. The normalized spacial score (nSPS) is 11.4. The first-order chi connectivity index (χ1) is 15.9. The van der Waals surface area contributed by atoms with Gasteiger partial charge in [0.1, 0.15) is 11.2 Å². The van der Waals surface area contributed by atoms with Crippen LogP contribution in [0.2, 0.25) is 0 Å². The first-order valence-corrected chi connectivity index (χ1v) is 11.1. The van der Waals surface area contributed by atoms with Crippen molar-refractivity contribution in [2.24, 2.45) is 0 Å². The van der Waals surface area contributed by atoms with Gasteiger partial charge in [0, 0.05) is 53.3 Å². The number of rotatable bonds is 4. The number of nitrogens with zero attached hydrogens (tertiary/aromatic N) is 1. The van der Waals surface area contributed by atoms with Crippen molar-refractivity contribution < 1.29 is 14.3 Å². The zero-order valence-electron chi connectivity index (χ0n) is 18.1. The van der Waals surface area contributed by atoms with Crippen LogP contribution >= 0.6 is 12.6 Å². The van der Waals surface area contributed by atoms with E-state index in [4.69, 9.17) is 4.42 Å². The van der Waals surface area contributed by atoms with Crippen LogP contribution in [0.3, 0.4) is 0 Å². The molecule has 0 unspecified atom stereocenters. The molecule has 1 heterocycles. The summed E-state index contributed by atoms with van der Waals surface area (Å²) in [5.74, 6) is -0.557. The number of carbonyl (C=O) groups is 1. The fourth-order valence-electron chi connectivity index (χ4n) is 4.30. The molecule has 0 spiro atoms. The Kier molecular flexibility index (Phi) is 5.10. The monoisotopic (exact) mass is 455 g/mol. The lowest BCUT2D eigenvalue weighted by atomic mass is 9.91. The van der Waals surface area contributed by atoms with Crippen LogP contribution in [-0.4, -0.2) is 25.2 Å². The van der Waals surface area contributed by atoms with Crippen molar-refractivity contribution in [1.29, 1.82) is 0 Å². The van der Waals surface area contributed by atoms with Gasteiger partial charge in [-0.2, -0.15) is 12.6 Å². The van der Waals surface area contributed by atoms with Crippen molar-refractivity contribution in [2.75, 3.05) is 19.0 Å². The van der Waals surface area contributed by atoms with Gasteiger partial charge in [-0.1, -0.05) is 18.2 Å². The maximum Gasteiger partial charge on any atom is 0.336 e. The fourth-order valence-corrected chi connectivity index (χ4v) is 4.49. The zero-order chi connectivity index (χ0) is 23.3. The number of hydrogen-bond donors (Lipinski definition) is 2. The van der Waals surface area contributed by atoms with Crippen molar-refractivity contribution >= 4 is 57.0 Å². The molecule has 6 heteroatoms. The highest BCUT2D eigenvalue weighted by atomic mass is 32.1. The summed E-state index contributed by atoms with van der Waals surface area (Å²) < 4.78 is 6.41. The average molecular weight is 456 g/mol. The van der Waals surface area contributed by atoms with E-state index < -0.39 is 5.97 Å². The highest BCUT2D eigenvalue weighted by molar-refractivity contribution is 7.79. The molecule has 0 saturated heterocycles. The molecule has 5 nitrogen and oxygen atoms in total. The predicted octanol–water partition coefficient (Wildman–Crippen LogP) is 5.96. The van der Waals surface area contributed by atoms with Gasteiger partial charge >= 0.3 is 5.97 Å². The van der Waals surface area contributed by atoms with E-state index in [0.29, 0.717) is 22.5 Å². The Labute approximate surface area is 195 Å². The Morgan fingerprint density at radius 2 is 1.70 bits per heavy atom. The van der Waals surface area contributed by atoms with Crippen molar-refractivity contribution in [3.05, 3.63) is 88.1 Å². The molecular formula is C27H21NO4S. The molecule has 0 aliphatic heterocycles. The molecule has 1 aromatic heterocycles. The molecule has 0 bridgehead atoms. The van der Waals surface area contributed by atoms with E-state index in [-0.39, 0.29) is 11.0 Å². The Bertz CT molecular complexity index is 1640. The lowest BCUT2D eigenvalue weighted by Gasteiger charge is -2.17. The quantitative estimate of drug-likeness (QED) is 0.199. The highest BCUT2D eigenvalue weighted by Gasteiger charge is 2.20. The molecule has 0 fully saturated rings. The zero-order valence-corrected chi connectivity index (χ0v) is 19.0. The fraction of sp³-hybridized carbons (Fsp3) is 0.111. The van der Waals surface area contributed by atoms with Crippen molar-refractivity contribution in [3.63, 3.8) is 0 Å². The number of hydrogen-bond acceptors (Lipinski definition) is 5. The molecule has 0 radical (unpaired) electrons. The molecule has 164 valence electrons. The van der Waals surface area contributed by atoms with Gasteiger partial charge in [-0.05, 0) is 59.0 Å². The van der Waals surface area contributed by atoms with E-state index in [1.54, 1.807) is 18.2 Å². The Hall–Kier alpha value is -3.77. The Morgan fingerprint density at radius 3 is 2.42 bits per heavy atom. The number of anilines is 1. The Morgan fingerprint density at radius 1 is 0.939 bits per heavy atom. The minimum Gasteiger partial charge on any atom is -0.478 e. The summed E-state index contributed by atoms with van der Waals surface area (Å²) >= 11 is 4.31. The second-order valence-electron chi connectivity index (χ2n) is 8.22. The summed E-state index contributed by atoms with van der Waals surface area (Å²) in [6.45, 7) is 0. The molecule has 0 saturated carbocycles. The summed E-state index contributed by atoms with van der Waals surface area (Å²) in [5.41, 5.74) is 4.57. The van der Waals surface area contributed by atoms with Crippen molar-refractivity contribution in [2.45, 2.75) is 5.75 Å². The first kappa shape index (κ1) is 21.1. The van der Waals surface area contributed by atoms with E-state index in [1.807, 2.05) is 61.5 Å². The number of aromatic carboxylic acids is 1. The molecule has 0 aliphatic rings. The Balaban J connectivity index is 1.99. The standard InChI is InChI=1S/C27H21NO4S/c1-28(2)17-5-9-21-24(13-17)32-26-19-10-6-18(29)12-16(19)4-8-22(26)25(21)20-7-3-15(14-33)11-23(20)27(30)31/h3-13,33H,14H2,1-2H3,(H,30,31). The summed E-state index contributed by atoms with van der Waals surface area (Å²) in [7, 11) is 3.90. The second kappa shape index (κ2) is 7.98. The maximum atomic E-state index is 12.2. The number of benzene rings is 4. The minimum atomic E-state index is -1.00. The summed E-state index contributed by atoms with van der Waals surface area (Å²) in [4.78, 5) is 26.1. The SMILES string of the molecule is CN(C)c1ccc2c(-c3ccc(CS)cc3C(=O)O)c3ccc4cc(=O)ccc4c3oc2c1. The third-order valence-electron chi connectivity index (χ3n) is 5.94. The van der Waals surface area contributed by atoms with Crippen molar-refractivity contribution in [1.82, 2.24) is 0 Å². The van der Waals surface area contributed by atoms with Crippen LogP contribution in [0, 0.1) is 0 Å². The molecule has 0 aliphatic carbocycles. The number of carboxylic acid groups (broad SMARTS) is 1. The topological polar surface area (TPSA) is 70.8 Å². The van der Waals surface area contributed by atoms with E-state index in [0.717, 1.165) is 38.4 Å². The summed E-state index contributed by atoms with van der Waals surface area (Å²) in [6.07, 6.45) is 0. The lowest BCUT2D eigenvalue weighted by molar-refractivity contribution is 0.0697. The van der Waals surface area contributed by atoms with Gasteiger partial charge in [0.2, 0.25) is 0 Å². The molecule has 0 atom stereocenters. The average Bonchev–Trinajstić information content (AvgIpc) is 2.81. The maximum absolute atomic E-state index is 12.2. The van der Waals surface area contributed by atoms with Crippen LogP contribution in [-0.2, 0) is 5.75 Å². The van der Waals surface area contributed by atoms with Gasteiger partial charge in [-0.3, -0.25) is 4.79 Å².